The fourth-order valence-corrected chi connectivity index (χ4v) is 3.76. The number of sulfonamides is 1. The minimum atomic E-state index is -5.09. The van der Waals surface area contributed by atoms with Gasteiger partial charge in [0.25, 0.3) is 0 Å². The van der Waals surface area contributed by atoms with Gasteiger partial charge in [0.05, 0.1) is 7.11 Å². The molecule has 0 saturated heterocycles. The summed E-state index contributed by atoms with van der Waals surface area (Å²) in [5.41, 5.74) is 0.434. The standard InChI is InChI=1S/C17H14F5NO5S2/c1-27-11(24)7-28-9-4-2-8(3-5-9)10(29)6-23-30(25,26)17-15(21)13(19)12(18)14(20)16(17)22/h2-5,10,23,29H,6-7H2,1H3. The zero-order valence-corrected chi connectivity index (χ0v) is 16.8. The molecule has 0 bridgehead atoms. The predicted molar refractivity (Wildman–Crippen MR) is 97.1 cm³/mol. The van der Waals surface area contributed by atoms with E-state index in [0.717, 1.165) is 0 Å². The zero-order chi connectivity index (χ0) is 22.6. The number of ether oxygens (including phenoxy) is 2. The van der Waals surface area contributed by atoms with E-state index in [4.69, 9.17) is 4.74 Å². The number of carbonyl (C=O) groups is 1. The molecule has 0 spiro atoms. The summed E-state index contributed by atoms with van der Waals surface area (Å²) >= 11 is 4.15. The largest absolute Gasteiger partial charge is 0.482 e. The van der Waals surface area contributed by atoms with Gasteiger partial charge in [0.2, 0.25) is 15.8 Å². The van der Waals surface area contributed by atoms with Gasteiger partial charge in [0, 0.05) is 11.8 Å². The van der Waals surface area contributed by atoms with Crippen molar-refractivity contribution >= 4 is 28.6 Å². The first kappa shape index (κ1) is 23.9. The second-order valence-corrected chi connectivity index (χ2v) is 8.03. The first-order chi connectivity index (χ1) is 14.0. The first-order valence-corrected chi connectivity index (χ1v) is 9.98. The lowest BCUT2D eigenvalue weighted by atomic mass is 10.1. The third kappa shape index (κ3) is 5.21. The van der Waals surface area contributed by atoms with Crippen molar-refractivity contribution in [2.24, 2.45) is 0 Å². The van der Waals surface area contributed by atoms with Crippen molar-refractivity contribution in [2.45, 2.75) is 10.1 Å². The van der Waals surface area contributed by atoms with Crippen molar-refractivity contribution in [3.8, 4) is 5.75 Å². The maximum absolute atomic E-state index is 13.7. The van der Waals surface area contributed by atoms with E-state index < -0.39 is 61.8 Å². The van der Waals surface area contributed by atoms with Crippen LogP contribution in [0.25, 0.3) is 0 Å². The van der Waals surface area contributed by atoms with Gasteiger partial charge in [-0.15, -0.1) is 0 Å². The van der Waals surface area contributed by atoms with Crippen LogP contribution in [-0.2, 0) is 19.6 Å². The van der Waals surface area contributed by atoms with Gasteiger partial charge in [-0.3, -0.25) is 0 Å². The summed E-state index contributed by atoms with van der Waals surface area (Å²) in [6.07, 6.45) is 0. The molecule has 2 aromatic carbocycles. The molecule has 30 heavy (non-hydrogen) atoms. The zero-order valence-electron chi connectivity index (χ0n) is 15.1. The summed E-state index contributed by atoms with van der Waals surface area (Å²) in [6, 6.07) is 5.83. The normalized spacial score (nSPS) is 12.5. The van der Waals surface area contributed by atoms with E-state index in [2.05, 4.69) is 17.4 Å². The Morgan fingerprint density at radius 1 is 1.00 bits per heavy atom. The Bertz CT molecular complexity index is 1020. The Balaban J connectivity index is 2.12. The van der Waals surface area contributed by atoms with Crippen molar-refractivity contribution in [3.63, 3.8) is 0 Å². The highest BCUT2D eigenvalue weighted by Crippen LogP contribution is 2.27. The topological polar surface area (TPSA) is 81.7 Å². The Hall–Kier alpha value is -2.38. The Kier molecular flexibility index (Phi) is 7.66. The maximum atomic E-state index is 13.7. The van der Waals surface area contributed by atoms with Crippen LogP contribution >= 0.6 is 12.6 Å². The lowest BCUT2D eigenvalue weighted by Crippen LogP contribution is -2.29. The lowest BCUT2D eigenvalue weighted by Gasteiger charge is -2.15. The SMILES string of the molecule is COC(=O)COc1ccc(C(S)CNS(=O)(=O)c2c(F)c(F)c(F)c(F)c2F)cc1. The van der Waals surface area contributed by atoms with Gasteiger partial charge in [0.15, 0.2) is 34.8 Å². The molecule has 0 aromatic heterocycles. The second-order valence-electron chi connectivity index (χ2n) is 5.70. The van der Waals surface area contributed by atoms with E-state index in [9.17, 15) is 35.2 Å². The molecule has 2 rings (SSSR count). The molecule has 0 aliphatic rings. The summed E-state index contributed by atoms with van der Waals surface area (Å²) in [6.45, 7) is -0.866. The Morgan fingerprint density at radius 2 is 1.50 bits per heavy atom. The van der Waals surface area contributed by atoms with Gasteiger partial charge in [-0.1, -0.05) is 12.1 Å². The smallest absolute Gasteiger partial charge is 0.343 e. The van der Waals surface area contributed by atoms with E-state index >= 15 is 0 Å². The Morgan fingerprint density at radius 3 is 2.00 bits per heavy atom. The summed E-state index contributed by atoms with van der Waals surface area (Å²) in [5.74, 6) is -12.5. The van der Waals surface area contributed by atoms with Crippen molar-refractivity contribution < 1.29 is 44.6 Å². The summed E-state index contributed by atoms with van der Waals surface area (Å²) in [5, 5.41) is -0.851. The van der Waals surface area contributed by atoms with Gasteiger partial charge in [-0.25, -0.2) is 39.9 Å². The van der Waals surface area contributed by atoms with Crippen LogP contribution in [0.1, 0.15) is 10.8 Å². The highest BCUT2D eigenvalue weighted by molar-refractivity contribution is 7.89. The first-order valence-electron chi connectivity index (χ1n) is 7.98. The third-order valence-corrected chi connectivity index (χ3v) is 5.68. The lowest BCUT2D eigenvalue weighted by molar-refractivity contribution is -0.142. The molecule has 1 N–H and O–H groups in total. The molecule has 6 nitrogen and oxygen atoms in total. The van der Waals surface area contributed by atoms with Crippen LogP contribution in [0.3, 0.4) is 0 Å². The maximum Gasteiger partial charge on any atom is 0.343 e. The minimum Gasteiger partial charge on any atom is -0.482 e. The number of hydrogen-bond donors (Lipinski definition) is 2. The van der Waals surface area contributed by atoms with Crippen LogP contribution in [0.15, 0.2) is 29.2 Å². The van der Waals surface area contributed by atoms with E-state index in [1.54, 1.807) is 4.72 Å². The van der Waals surface area contributed by atoms with Crippen molar-refractivity contribution in [1.82, 2.24) is 4.72 Å². The highest BCUT2D eigenvalue weighted by Gasteiger charge is 2.33. The summed E-state index contributed by atoms with van der Waals surface area (Å²) < 4.78 is 103. The van der Waals surface area contributed by atoms with Crippen LogP contribution in [0.4, 0.5) is 22.0 Å². The number of benzene rings is 2. The van der Waals surface area contributed by atoms with E-state index in [0.29, 0.717) is 11.3 Å². The molecule has 164 valence electrons. The molecule has 0 aliphatic heterocycles. The van der Waals surface area contributed by atoms with Crippen LogP contribution < -0.4 is 9.46 Å². The van der Waals surface area contributed by atoms with Gasteiger partial charge in [-0.2, -0.15) is 12.6 Å². The monoisotopic (exact) mass is 471 g/mol. The second kappa shape index (κ2) is 9.62. The van der Waals surface area contributed by atoms with Gasteiger partial charge < -0.3 is 9.47 Å². The number of halogens is 5. The van der Waals surface area contributed by atoms with Gasteiger partial charge >= 0.3 is 5.97 Å². The summed E-state index contributed by atoms with van der Waals surface area (Å²) in [4.78, 5) is 9.04. The third-order valence-electron chi connectivity index (χ3n) is 3.75. The van der Waals surface area contributed by atoms with Crippen molar-refractivity contribution in [1.29, 1.82) is 0 Å². The number of thiol groups is 1. The van der Waals surface area contributed by atoms with Crippen molar-refractivity contribution in [2.75, 3.05) is 20.3 Å². The molecule has 0 saturated carbocycles. The number of carbonyl (C=O) groups excluding carboxylic acids is 1. The fraction of sp³-hybridized carbons (Fsp3) is 0.235. The Labute approximate surface area is 173 Å². The van der Waals surface area contributed by atoms with Crippen LogP contribution in [0.2, 0.25) is 0 Å². The molecule has 2 aromatic rings. The number of methoxy groups -OCH3 is 1. The van der Waals surface area contributed by atoms with Crippen LogP contribution in [0.5, 0.6) is 5.75 Å². The van der Waals surface area contributed by atoms with Crippen LogP contribution in [-0.4, -0.2) is 34.6 Å². The van der Waals surface area contributed by atoms with Gasteiger partial charge in [-0.05, 0) is 17.7 Å². The molecule has 0 fully saturated rings. The molecule has 0 radical (unpaired) electrons. The molecular formula is C17H14F5NO5S2. The van der Waals surface area contributed by atoms with E-state index in [-0.39, 0.29) is 6.61 Å². The minimum absolute atomic E-state index is 0.298. The fourth-order valence-electron chi connectivity index (χ4n) is 2.19. The number of nitrogens with one attached hydrogen (secondary N) is 1. The van der Waals surface area contributed by atoms with E-state index in [1.807, 2.05) is 0 Å². The van der Waals surface area contributed by atoms with E-state index in [1.165, 1.54) is 31.4 Å². The molecule has 13 heteroatoms. The van der Waals surface area contributed by atoms with Crippen LogP contribution in [0, 0.1) is 29.1 Å². The molecule has 0 heterocycles. The predicted octanol–water partition coefficient (Wildman–Crippen LogP) is 2.88. The molecule has 1 unspecified atom stereocenters. The molecule has 0 amide bonds. The molecule has 1 atom stereocenters. The van der Waals surface area contributed by atoms with Gasteiger partial charge in [0.1, 0.15) is 5.75 Å². The number of rotatable bonds is 8. The average Bonchev–Trinajstić information content (AvgIpc) is 2.73. The summed E-state index contributed by atoms with van der Waals surface area (Å²) in [7, 11) is -3.90. The van der Waals surface area contributed by atoms with Crippen molar-refractivity contribution in [3.05, 3.63) is 58.9 Å². The quantitative estimate of drug-likeness (QED) is 0.204. The molecule has 0 aliphatic carbocycles. The number of esters is 1. The highest BCUT2D eigenvalue weighted by atomic mass is 32.2. The molecular weight excluding hydrogens is 457 g/mol. The number of hydrogen-bond acceptors (Lipinski definition) is 6. The average molecular weight is 471 g/mol.